The number of rotatable bonds is 6. The maximum absolute atomic E-state index is 10.9. The summed E-state index contributed by atoms with van der Waals surface area (Å²) >= 11 is 0. The van der Waals surface area contributed by atoms with Crippen LogP contribution in [0.1, 0.15) is 5.56 Å². The van der Waals surface area contributed by atoms with Crippen LogP contribution >= 0.6 is 12.4 Å². The fraction of sp³-hybridized carbons (Fsp3) is 0.417. The highest BCUT2D eigenvalue weighted by Gasteiger charge is 2.10. The predicted octanol–water partition coefficient (Wildman–Crippen LogP) is 1.85. The van der Waals surface area contributed by atoms with Gasteiger partial charge in [0, 0.05) is 19.6 Å². The van der Waals surface area contributed by atoms with Crippen LogP contribution in [0.2, 0.25) is 0 Å². The molecule has 0 aliphatic carbocycles. The van der Waals surface area contributed by atoms with E-state index in [2.05, 4.69) is 5.32 Å². The molecule has 0 atom stereocenters. The second-order valence-electron chi connectivity index (χ2n) is 3.61. The number of likely N-dealkylation sites (N-methyl/N-ethyl adjacent to an activating group) is 1. The fourth-order valence-corrected chi connectivity index (χ4v) is 1.46. The molecule has 1 amide bonds. The summed E-state index contributed by atoms with van der Waals surface area (Å²) < 4.78 is 0. The Balaban J connectivity index is 0.00000256. The molecule has 0 spiro atoms. The Morgan fingerprint density at radius 3 is 2.47 bits per heavy atom. The van der Waals surface area contributed by atoms with E-state index >= 15 is 0 Å². The lowest BCUT2D eigenvalue weighted by Crippen LogP contribution is -2.36. The molecular formula is C12H19ClN2O2. The summed E-state index contributed by atoms with van der Waals surface area (Å²) in [6, 6.07) is 9.91. The van der Waals surface area contributed by atoms with Crippen LogP contribution in [0.25, 0.3) is 0 Å². The molecule has 17 heavy (non-hydrogen) atoms. The molecule has 0 aliphatic rings. The number of hydrogen-bond acceptors (Lipinski definition) is 2. The molecule has 0 unspecified atom stereocenters. The van der Waals surface area contributed by atoms with Crippen LogP contribution < -0.4 is 5.32 Å². The lowest BCUT2D eigenvalue weighted by atomic mass is 10.1. The van der Waals surface area contributed by atoms with Gasteiger partial charge in [-0.15, -0.1) is 12.4 Å². The highest BCUT2D eigenvalue weighted by Crippen LogP contribution is 2.01. The molecule has 0 bridgehead atoms. The van der Waals surface area contributed by atoms with Crippen LogP contribution in [-0.2, 0) is 6.42 Å². The third-order valence-corrected chi connectivity index (χ3v) is 2.42. The van der Waals surface area contributed by atoms with Gasteiger partial charge in [0.1, 0.15) is 0 Å². The van der Waals surface area contributed by atoms with Gasteiger partial charge in [-0.05, 0) is 19.0 Å². The van der Waals surface area contributed by atoms with E-state index in [4.69, 9.17) is 5.11 Å². The molecule has 0 fully saturated rings. The van der Waals surface area contributed by atoms with Gasteiger partial charge in [0.15, 0.2) is 0 Å². The normalized spacial score (nSPS) is 9.47. The molecule has 96 valence electrons. The quantitative estimate of drug-likeness (QED) is 0.819. The molecule has 1 aromatic rings. The maximum atomic E-state index is 10.9. The molecule has 1 rings (SSSR count). The van der Waals surface area contributed by atoms with Crippen molar-refractivity contribution in [1.29, 1.82) is 0 Å². The average molecular weight is 259 g/mol. The molecule has 0 saturated heterocycles. The molecule has 4 nitrogen and oxygen atoms in total. The van der Waals surface area contributed by atoms with Crippen LogP contribution in [0.15, 0.2) is 30.3 Å². The van der Waals surface area contributed by atoms with E-state index in [-0.39, 0.29) is 12.4 Å². The summed E-state index contributed by atoms with van der Waals surface area (Å²) in [7, 11) is 1.82. The van der Waals surface area contributed by atoms with Gasteiger partial charge >= 0.3 is 6.09 Å². The molecule has 2 N–H and O–H groups in total. The van der Waals surface area contributed by atoms with Gasteiger partial charge in [-0.3, -0.25) is 0 Å². The summed E-state index contributed by atoms with van der Waals surface area (Å²) in [6.07, 6.45) is -0.0946. The van der Waals surface area contributed by atoms with Crippen LogP contribution in [-0.4, -0.2) is 42.8 Å². The lowest BCUT2D eigenvalue weighted by Gasteiger charge is -2.18. The third kappa shape index (κ3) is 6.14. The second kappa shape index (κ2) is 8.84. The SMILES string of the molecule is CNCCN(CCc1ccccc1)C(=O)O.Cl. The molecule has 0 aromatic heterocycles. The minimum Gasteiger partial charge on any atom is -0.465 e. The van der Waals surface area contributed by atoms with Crippen molar-refractivity contribution in [3.63, 3.8) is 0 Å². The van der Waals surface area contributed by atoms with Gasteiger partial charge in [-0.2, -0.15) is 0 Å². The van der Waals surface area contributed by atoms with Crippen molar-refractivity contribution in [2.45, 2.75) is 6.42 Å². The summed E-state index contributed by atoms with van der Waals surface area (Å²) in [5, 5.41) is 11.9. The highest BCUT2D eigenvalue weighted by atomic mass is 35.5. The van der Waals surface area contributed by atoms with E-state index in [0.29, 0.717) is 19.6 Å². The Labute approximate surface area is 108 Å². The van der Waals surface area contributed by atoms with Crippen LogP contribution in [0, 0.1) is 0 Å². The molecule has 5 heteroatoms. The summed E-state index contributed by atoms with van der Waals surface area (Å²) in [6.45, 7) is 1.75. The van der Waals surface area contributed by atoms with E-state index in [9.17, 15) is 4.79 Å². The van der Waals surface area contributed by atoms with Gasteiger partial charge in [0.05, 0.1) is 0 Å². The number of halogens is 1. The van der Waals surface area contributed by atoms with Crippen molar-refractivity contribution >= 4 is 18.5 Å². The zero-order valence-electron chi connectivity index (χ0n) is 9.93. The predicted molar refractivity (Wildman–Crippen MR) is 70.9 cm³/mol. The van der Waals surface area contributed by atoms with E-state index in [1.54, 1.807) is 0 Å². The number of nitrogens with one attached hydrogen (secondary N) is 1. The van der Waals surface area contributed by atoms with Crippen molar-refractivity contribution < 1.29 is 9.90 Å². The number of carboxylic acid groups (broad SMARTS) is 1. The lowest BCUT2D eigenvalue weighted by molar-refractivity contribution is 0.146. The van der Waals surface area contributed by atoms with Crippen LogP contribution in [0.3, 0.4) is 0 Å². The van der Waals surface area contributed by atoms with Crippen molar-refractivity contribution in [2.24, 2.45) is 0 Å². The Morgan fingerprint density at radius 2 is 1.94 bits per heavy atom. The molecule has 1 aromatic carbocycles. The molecule has 0 radical (unpaired) electrons. The highest BCUT2D eigenvalue weighted by molar-refractivity contribution is 5.85. The van der Waals surface area contributed by atoms with Gasteiger partial charge in [-0.25, -0.2) is 4.79 Å². The van der Waals surface area contributed by atoms with Crippen molar-refractivity contribution in [3.8, 4) is 0 Å². The largest absolute Gasteiger partial charge is 0.465 e. The first-order chi connectivity index (χ1) is 7.74. The van der Waals surface area contributed by atoms with E-state index in [1.165, 1.54) is 10.5 Å². The molecule has 0 saturated carbocycles. The Hall–Kier alpha value is -1.26. The van der Waals surface area contributed by atoms with Crippen LogP contribution in [0.4, 0.5) is 4.79 Å². The zero-order valence-corrected chi connectivity index (χ0v) is 10.7. The fourth-order valence-electron chi connectivity index (χ4n) is 1.46. The molecule has 0 aliphatic heterocycles. The van der Waals surface area contributed by atoms with Gasteiger partial charge < -0.3 is 15.3 Å². The topological polar surface area (TPSA) is 52.6 Å². The van der Waals surface area contributed by atoms with Crippen molar-refractivity contribution in [2.75, 3.05) is 26.7 Å². The first kappa shape index (κ1) is 15.7. The van der Waals surface area contributed by atoms with E-state index in [0.717, 1.165) is 6.42 Å². The molecular weight excluding hydrogens is 240 g/mol. The number of amides is 1. The Bertz CT molecular complexity index is 320. The van der Waals surface area contributed by atoms with Crippen molar-refractivity contribution in [1.82, 2.24) is 10.2 Å². The van der Waals surface area contributed by atoms with Gasteiger partial charge in [0.25, 0.3) is 0 Å². The van der Waals surface area contributed by atoms with Gasteiger partial charge in [-0.1, -0.05) is 30.3 Å². The Kier molecular flexibility index (Phi) is 8.19. The van der Waals surface area contributed by atoms with E-state index in [1.807, 2.05) is 37.4 Å². The minimum absolute atomic E-state index is 0. The van der Waals surface area contributed by atoms with Gasteiger partial charge in [0.2, 0.25) is 0 Å². The Morgan fingerprint density at radius 1 is 1.29 bits per heavy atom. The number of hydrogen-bond donors (Lipinski definition) is 2. The number of benzene rings is 1. The minimum atomic E-state index is -0.855. The average Bonchev–Trinajstić information content (AvgIpc) is 2.30. The standard InChI is InChI=1S/C12H18N2O2.ClH/c1-13-8-10-14(12(15)16)9-7-11-5-3-2-4-6-11;/h2-6,13H,7-10H2,1H3,(H,15,16);1H. The number of nitrogens with zero attached hydrogens (tertiary/aromatic N) is 1. The zero-order chi connectivity index (χ0) is 11.8. The number of carbonyl (C=O) groups is 1. The smallest absolute Gasteiger partial charge is 0.407 e. The van der Waals surface area contributed by atoms with Crippen molar-refractivity contribution in [3.05, 3.63) is 35.9 Å². The second-order valence-corrected chi connectivity index (χ2v) is 3.61. The molecule has 0 heterocycles. The summed E-state index contributed by atoms with van der Waals surface area (Å²) in [5.74, 6) is 0. The summed E-state index contributed by atoms with van der Waals surface area (Å²) in [4.78, 5) is 12.4. The van der Waals surface area contributed by atoms with Crippen LogP contribution in [0.5, 0.6) is 0 Å². The van der Waals surface area contributed by atoms with E-state index < -0.39 is 6.09 Å². The third-order valence-electron chi connectivity index (χ3n) is 2.42. The monoisotopic (exact) mass is 258 g/mol. The maximum Gasteiger partial charge on any atom is 0.407 e. The first-order valence-corrected chi connectivity index (χ1v) is 5.40. The summed E-state index contributed by atoms with van der Waals surface area (Å²) in [5.41, 5.74) is 1.17. The first-order valence-electron chi connectivity index (χ1n) is 5.40.